The van der Waals surface area contributed by atoms with Crippen molar-refractivity contribution in [3.63, 3.8) is 0 Å². The lowest BCUT2D eigenvalue weighted by Gasteiger charge is -2.11. The summed E-state index contributed by atoms with van der Waals surface area (Å²) in [6.45, 7) is 4.27. The van der Waals surface area contributed by atoms with Crippen LogP contribution in [0.25, 0.3) is 0 Å². The largest absolute Gasteiger partial charge is 0.492 e. The molecular formula is C17H17ClF2N2O2. The number of rotatable bonds is 5. The number of benzene rings is 2. The predicted molar refractivity (Wildman–Crippen MR) is 89.8 cm³/mol. The maximum absolute atomic E-state index is 13.0. The smallest absolute Gasteiger partial charge is 0.319 e. The molecule has 0 aliphatic heterocycles. The van der Waals surface area contributed by atoms with Gasteiger partial charge < -0.3 is 15.4 Å². The highest BCUT2D eigenvalue weighted by atomic mass is 35.5. The van der Waals surface area contributed by atoms with Gasteiger partial charge in [-0.05, 0) is 49.2 Å². The highest BCUT2D eigenvalue weighted by molar-refractivity contribution is 6.32. The van der Waals surface area contributed by atoms with E-state index in [1.54, 1.807) is 0 Å². The number of nitrogens with one attached hydrogen (secondary N) is 2. The molecule has 0 fully saturated rings. The van der Waals surface area contributed by atoms with Crippen LogP contribution in [0.4, 0.5) is 19.3 Å². The minimum atomic E-state index is -1.02. The Morgan fingerprint density at radius 1 is 1.12 bits per heavy atom. The van der Waals surface area contributed by atoms with Gasteiger partial charge in [-0.2, -0.15) is 0 Å². The Morgan fingerprint density at radius 3 is 2.42 bits per heavy atom. The number of aryl methyl sites for hydroxylation is 2. The maximum Gasteiger partial charge on any atom is 0.319 e. The first-order chi connectivity index (χ1) is 11.4. The van der Waals surface area contributed by atoms with Gasteiger partial charge in [-0.25, -0.2) is 13.6 Å². The fourth-order valence-corrected chi connectivity index (χ4v) is 2.18. The van der Waals surface area contributed by atoms with E-state index in [0.29, 0.717) is 10.8 Å². The van der Waals surface area contributed by atoms with E-state index < -0.39 is 17.7 Å². The van der Waals surface area contributed by atoms with Crippen LogP contribution in [0.1, 0.15) is 11.1 Å². The van der Waals surface area contributed by atoms with Crippen molar-refractivity contribution in [1.29, 1.82) is 0 Å². The molecule has 2 aromatic carbocycles. The minimum absolute atomic E-state index is 0.163. The van der Waals surface area contributed by atoms with Crippen LogP contribution in [0.3, 0.4) is 0 Å². The molecule has 0 saturated carbocycles. The number of carbonyl (C=O) groups is 1. The van der Waals surface area contributed by atoms with Crippen molar-refractivity contribution < 1.29 is 18.3 Å². The fraction of sp³-hybridized carbons (Fsp3) is 0.235. The number of anilines is 1. The molecule has 2 rings (SSSR count). The van der Waals surface area contributed by atoms with Crippen LogP contribution in [-0.2, 0) is 0 Å². The van der Waals surface area contributed by atoms with Crippen molar-refractivity contribution in [3.8, 4) is 5.75 Å². The second kappa shape index (κ2) is 7.97. The van der Waals surface area contributed by atoms with Gasteiger partial charge in [0.1, 0.15) is 12.4 Å². The zero-order chi connectivity index (χ0) is 17.7. The van der Waals surface area contributed by atoms with Gasteiger partial charge in [0.2, 0.25) is 0 Å². The van der Waals surface area contributed by atoms with Crippen molar-refractivity contribution in [2.45, 2.75) is 13.8 Å². The van der Waals surface area contributed by atoms with Gasteiger partial charge in [0.05, 0.1) is 6.54 Å². The quantitative estimate of drug-likeness (QED) is 0.780. The summed E-state index contributed by atoms with van der Waals surface area (Å²) in [5.74, 6) is -1.33. The van der Waals surface area contributed by atoms with Crippen LogP contribution in [0, 0.1) is 25.5 Å². The third kappa shape index (κ3) is 4.83. The zero-order valence-corrected chi connectivity index (χ0v) is 14.0. The molecule has 0 atom stereocenters. The van der Waals surface area contributed by atoms with Gasteiger partial charge in [0.15, 0.2) is 11.6 Å². The topological polar surface area (TPSA) is 50.4 Å². The number of hydrogen-bond acceptors (Lipinski definition) is 2. The molecule has 2 N–H and O–H groups in total. The summed E-state index contributed by atoms with van der Waals surface area (Å²) in [5, 5.41) is 5.66. The van der Waals surface area contributed by atoms with E-state index in [1.807, 2.05) is 26.0 Å². The summed E-state index contributed by atoms with van der Waals surface area (Å²) in [5.41, 5.74) is 1.99. The van der Waals surface area contributed by atoms with Gasteiger partial charge in [0.25, 0.3) is 0 Å². The number of amides is 2. The molecule has 0 radical (unpaired) electrons. The molecule has 2 amide bonds. The second-order valence-electron chi connectivity index (χ2n) is 5.23. The molecule has 2 aromatic rings. The number of hydrogen-bond donors (Lipinski definition) is 2. The average Bonchev–Trinajstić information content (AvgIpc) is 2.52. The third-order valence-electron chi connectivity index (χ3n) is 3.24. The Hall–Kier alpha value is -2.34. The van der Waals surface area contributed by atoms with E-state index in [9.17, 15) is 13.6 Å². The van der Waals surface area contributed by atoms with Crippen molar-refractivity contribution in [2.75, 3.05) is 18.5 Å². The molecule has 0 unspecified atom stereocenters. The molecular weight excluding hydrogens is 338 g/mol. The van der Waals surface area contributed by atoms with Crippen LogP contribution >= 0.6 is 11.6 Å². The Balaban J connectivity index is 1.77. The number of ether oxygens (including phenoxy) is 1. The first-order valence-corrected chi connectivity index (χ1v) is 7.64. The van der Waals surface area contributed by atoms with E-state index in [-0.39, 0.29) is 18.8 Å². The van der Waals surface area contributed by atoms with Crippen molar-refractivity contribution in [1.82, 2.24) is 5.32 Å². The molecule has 0 aliphatic carbocycles. The second-order valence-corrected chi connectivity index (χ2v) is 5.61. The van der Waals surface area contributed by atoms with E-state index >= 15 is 0 Å². The van der Waals surface area contributed by atoms with Crippen LogP contribution < -0.4 is 15.4 Å². The lowest BCUT2D eigenvalue weighted by atomic mass is 10.1. The van der Waals surface area contributed by atoms with Crippen LogP contribution in [0.2, 0.25) is 5.02 Å². The van der Waals surface area contributed by atoms with Crippen molar-refractivity contribution >= 4 is 23.3 Å². The SMILES string of the molecule is Cc1cc(OCCNC(=O)Nc2ccc(F)c(F)c2)cc(C)c1Cl. The summed E-state index contributed by atoms with van der Waals surface area (Å²) < 4.78 is 31.4. The number of halogens is 3. The number of carbonyl (C=O) groups excluding carboxylic acids is 1. The zero-order valence-electron chi connectivity index (χ0n) is 13.3. The van der Waals surface area contributed by atoms with E-state index in [2.05, 4.69) is 10.6 Å². The molecule has 0 heterocycles. The van der Waals surface area contributed by atoms with E-state index in [1.165, 1.54) is 6.07 Å². The van der Waals surface area contributed by atoms with Gasteiger partial charge in [-0.15, -0.1) is 0 Å². The molecule has 0 aliphatic rings. The predicted octanol–water partition coefficient (Wildman–Crippen LogP) is 4.44. The minimum Gasteiger partial charge on any atom is -0.492 e. The summed E-state index contributed by atoms with van der Waals surface area (Å²) in [4.78, 5) is 11.7. The Bertz CT molecular complexity index is 730. The first-order valence-electron chi connectivity index (χ1n) is 7.26. The lowest BCUT2D eigenvalue weighted by Crippen LogP contribution is -2.32. The Labute approximate surface area is 143 Å². The molecule has 0 aromatic heterocycles. The molecule has 0 spiro atoms. The Morgan fingerprint density at radius 2 is 1.79 bits per heavy atom. The van der Waals surface area contributed by atoms with Crippen molar-refractivity contribution in [2.24, 2.45) is 0 Å². The fourth-order valence-electron chi connectivity index (χ4n) is 2.07. The summed E-state index contributed by atoms with van der Waals surface area (Å²) in [6, 6.07) is 6.22. The lowest BCUT2D eigenvalue weighted by molar-refractivity contribution is 0.247. The highest BCUT2D eigenvalue weighted by Gasteiger charge is 2.06. The summed E-state index contributed by atoms with van der Waals surface area (Å²) >= 11 is 6.08. The molecule has 0 saturated heterocycles. The van der Waals surface area contributed by atoms with E-state index in [4.69, 9.17) is 16.3 Å². The summed E-state index contributed by atoms with van der Waals surface area (Å²) in [7, 11) is 0. The highest BCUT2D eigenvalue weighted by Crippen LogP contribution is 2.25. The van der Waals surface area contributed by atoms with Crippen LogP contribution in [-0.4, -0.2) is 19.2 Å². The standard InChI is InChI=1S/C17H17ClF2N2O2/c1-10-7-13(8-11(2)16(10)18)24-6-5-21-17(23)22-12-3-4-14(19)15(20)9-12/h3-4,7-9H,5-6H2,1-2H3,(H2,21,22,23). The van der Waals surface area contributed by atoms with Gasteiger partial charge in [-0.1, -0.05) is 11.6 Å². The van der Waals surface area contributed by atoms with Crippen LogP contribution in [0.15, 0.2) is 30.3 Å². The average molecular weight is 355 g/mol. The molecule has 4 nitrogen and oxygen atoms in total. The number of urea groups is 1. The van der Waals surface area contributed by atoms with Crippen molar-refractivity contribution in [3.05, 3.63) is 58.1 Å². The van der Waals surface area contributed by atoms with Gasteiger partial charge in [0, 0.05) is 16.8 Å². The normalized spacial score (nSPS) is 10.4. The Kier molecular flexibility index (Phi) is 5.98. The van der Waals surface area contributed by atoms with Gasteiger partial charge >= 0.3 is 6.03 Å². The monoisotopic (exact) mass is 354 g/mol. The third-order valence-corrected chi connectivity index (χ3v) is 3.84. The summed E-state index contributed by atoms with van der Waals surface area (Å²) in [6.07, 6.45) is 0. The molecule has 128 valence electrons. The molecule has 24 heavy (non-hydrogen) atoms. The molecule has 7 heteroatoms. The first kappa shape index (κ1) is 18.0. The maximum atomic E-state index is 13.0. The van der Waals surface area contributed by atoms with Crippen LogP contribution in [0.5, 0.6) is 5.75 Å². The van der Waals surface area contributed by atoms with E-state index in [0.717, 1.165) is 23.3 Å². The van der Waals surface area contributed by atoms with Gasteiger partial charge in [-0.3, -0.25) is 0 Å². The molecule has 0 bridgehead atoms.